The first-order valence-electron chi connectivity index (χ1n) is 16.5. The van der Waals surface area contributed by atoms with Gasteiger partial charge in [-0.2, -0.15) is 0 Å². The van der Waals surface area contributed by atoms with Crippen molar-refractivity contribution in [3.63, 3.8) is 0 Å². The molecule has 0 spiro atoms. The normalized spacial score (nSPS) is 20.9. The number of piperazine rings is 2. The molecular formula is C38H42N6O2. The zero-order valence-corrected chi connectivity index (χ0v) is 26.4. The molecule has 2 amide bonds. The van der Waals surface area contributed by atoms with Gasteiger partial charge in [0.25, 0.3) is 0 Å². The maximum absolute atomic E-state index is 12.7. The SMILES string of the molecule is O=C1CN(Cc2ccccc2)CC(=O)N1C1(c2ccccn2)CC1.c1ccc(CN2CCN(C3(c4ccccn4)CC3)CC2)cc1. The molecule has 4 aromatic rings. The van der Waals surface area contributed by atoms with Crippen LogP contribution in [0.2, 0.25) is 0 Å². The quantitative estimate of drug-likeness (QED) is 0.263. The molecule has 0 bridgehead atoms. The molecule has 2 aliphatic heterocycles. The highest BCUT2D eigenvalue weighted by Gasteiger charge is 2.56. The summed E-state index contributed by atoms with van der Waals surface area (Å²) in [5.41, 5.74) is 4.36. The molecule has 8 rings (SSSR count). The number of amides is 2. The van der Waals surface area contributed by atoms with Crippen LogP contribution >= 0.6 is 0 Å². The molecule has 0 atom stereocenters. The summed E-state index contributed by atoms with van der Waals surface area (Å²) in [6.07, 6.45) is 7.79. The van der Waals surface area contributed by atoms with Crippen LogP contribution < -0.4 is 0 Å². The molecule has 4 fully saturated rings. The maximum Gasteiger partial charge on any atom is 0.244 e. The lowest BCUT2D eigenvalue weighted by Crippen LogP contribution is -2.57. The van der Waals surface area contributed by atoms with E-state index in [2.05, 4.69) is 62.2 Å². The topological polar surface area (TPSA) is 72.9 Å². The molecule has 8 heteroatoms. The Bertz CT molecular complexity index is 1580. The van der Waals surface area contributed by atoms with Crippen molar-refractivity contribution in [3.05, 3.63) is 132 Å². The van der Waals surface area contributed by atoms with Crippen LogP contribution in [0.5, 0.6) is 0 Å². The van der Waals surface area contributed by atoms with Crippen molar-refractivity contribution >= 4 is 11.8 Å². The summed E-state index contributed by atoms with van der Waals surface area (Å²) in [4.78, 5) is 43.0. The van der Waals surface area contributed by atoms with Crippen LogP contribution in [0.1, 0.15) is 48.2 Å². The summed E-state index contributed by atoms with van der Waals surface area (Å²) in [5.74, 6) is -0.240. The van der Waals surface area contributed by atoms with Gasteiger partial charge in [-0.3, -0.25) is 39.2 Å². The first-order chi connectivity index (χ1) is 22.6. The minimum absolute atomic E-state index is 0.120. The van der Waals surface area contributed by atoms with Gasteiger partial charge in [0.15, 0.2) is 0 Å². The lowest BCUT2D eigenvalue weighted by molar-refractivity contribution is -0.156. The molecule has 2 aliphatic carbocycles. The third-order valence-corrected chi connectivity index (χ3v) is 9.85. The van der Waals surface area contributed by atoms with Gasteiger partial charge in [0.05, 0.1) is 35.6 Å². The second-order valence-corrected chi connectivity index (χ2v) is 13.0. The number of carbonyl (C=O) groups is 2. The fourth-order valence-electron chi connectivity index (χ4n) is 7.17. The van der Waals surface area contributed by atoms with Gasteiger partial charge < -0.3 is 0 Å². The Hall–Kier alpha value is -4.24. The van der Waals surface area contributed by atoms with E-state index in [9.17, 15) is 9.59 Å². The number of benzene rings is 2. The van der Waals surface area contributed by atoms with Gasteiger partial charge in [0.1, 0.15) is 0 Å². The summed E-state index contributed by atoms with van der Waals surface area (Å²) in [6.45, 7) is 6.86. The van der Waals surface area contributed by atoms with E-state index in [1.807, 2.05) is 65.7 Å². The molecule has 4 aliphatic rings. The highest BCUT2D eigenvalue weighted by molar-refractivity contribution is 6.00. The van der Waals surface area contributed by atoms with E-state index in [-0.39, 0.29) is 30.4 Å². The molecule has 8 nitrogen and oxygen atoms in total. The van der Waals surface area contributed by atoms with Crippen molar-refractivity contribution in [1.29, 1.82) is 0 Å². The van der Waals surface area contributed by atoms with Gasteiger partial charge in [-0.15, -0.1) is 0 Å². The van der Waals surface area contributed by atoms with Gasteiger partial charge in [-0.25, -0.2) is 0 Å². The Kier molecular flexibility index (Phi) is 8.76. The highest BCUT2D eigenvalue weighted by Crippen LogP contribution is 2.51. The Morgan fingerprint density at radius 1 is 0.522 bits per heavy atom. The van der Waals surface area contributed by atoms with Crippen LogP contribution in [0.25, 0.3) is 0 Å². The largest absolute Gasteiger partial charge is 0.297 e. The standard InChI is InChI=1S/C19H19N3O2.C19H23N3/c23-17-13-21(12-15-6-2-1-3-7-15)14-18(24)22(17)19(9-10-19)16-8-4-5-11-20-16;1-2-6-17(7-3-1)16-21-12-14-22(15-13-21)19(9-10-19)18-8-4-5-11-20-18/h1-8,11H,9-10,12-14H2;1-8,11H,9-10,12-16H2. The third-order valence-electron chi connectivity index (χ3n) is 9.85. The van der Waals surface area contributed by atoms with Crippen molar-refractivity contribution in [2.45, 2.75) is 49.9 Å². The predicted octanol–water partition coefficient (Wildman–Crippen LogP) is 4.83. The average molecular weight is 615 g/mol. The van der Waals surface area contributed by atoms with Crippen molar-refractivity contribution < 1.29 is 9.59 Å². The molecule has 0 radical (unpaired) electrons. The van der Waals surface area contributed by atoms with E-state index in [0.29, 0.717) is 6.54 Å². The monoisotopic (exact) mass is 614 g/mol. The Morgan fingerprint density at radius 3 is 1.43 bits per heavy atom. The smallest absolute Gasteiger partial charge is 0.244 e. The first kappa shape index (κ1) is 30.4. The van der Waals surface area contributed by atoms with E-state index < -0.39 is 5.54 Å². The molecule has 46 heavy (non-hydrogen) atoms. The molecule has 2 saturated heterocycles. The number of rotatable bonds is 8. The van der Waals surface area contributed by atoms with Crippen molar-refractivity contribution in [1.82, 2.24) is 29.6 Å². The summed E-state index contributed by atoms with van der Waals surface area (Å²) >= 11 is 0. The average Bonchev–Trinajstić information content (AvgIpc) is 4.04. The van der Waals surface area contributed by atoms with Crippen molar-refractivity contribution in [2.24, 2.45) is 0 Å². The highest BCUT2D eigenvalue weighted by atomic mass is 16.2. The summed E-state index contributed by atoms with van der Waals surface area (Å²) in [5, 5.41) is 0. The number of nitrogens with zero attached hydrogens (tertiary/aromatic N) is 6. The second-order valence-electron chi connectivity index (χ2n) is 13.0. The van der Waals surface area contributed by atoms with Crippen LogP contribution in [-0.4, -0.2) is 80.7 Å². The summed E-state index contributed by atoms with van der Waals surface area (Å²) in [6, 6.07) is 32.7. The molecule has 4 heterocycles. The fraction of sp³-hybridized carbons (Fsp3) is 0.368. The first-order valence-corrected chi connectivity index (χ1v) is 16.5. The third kappa shape index (κ3) is 6.51. The van der Waals surface area contributed by atoms with Gasteiger partial charge in [0.2, 0.25) is 11.8 Å². The van der Waals surface area contributed by atoms with Crippen LogP contribution in [0.4, 0.5) is 0 Å². The van der Waals surface area contributed by atoms with Crippen LogP contribution in [0.3, 0.4) is 0 Å². The number of hydrogen-bond donors (Lipinski definition) is 0. The lowest BCUT2D eigenvalue weighted by atomic mass is 10.1. The van der Waals surface area contributed by atoms with E-state index >= 15 is 0 Å². The number of aromatic nitrogens is 2. The Morgan fingerprint density at radius 2 is 0.978 bits per heavy atom. The molecule has 2 aromatic heterocycles. The van der Waals surface area contributed by atoms with Gasteiger partial charge in [0, 0.05) is 51.7 Å². The van der Waals surface area contributed by atoms with Crippen LogP contribution in [0, 0.1) is 0 Å². The fourth-order valence-corrected chi connectivity index (χ4v) is 7.17. The van der Waals surface area contributed by atoms with Crippen LogP contribution in [-0.2, 0) is 33.8 Å². The molecule has 0 unspecified atom stereocenters. The number of hydrogen-bond acceptors (Lipinski definition) is 7. The molecular weight excluding hydrogens is 572 g/mol. The van der Waals surface area contributed by atoms with Crippen molar-refractivity contribution in [3.8, 4) is 0 Å². The zero-order chi connectivity index (χ0) is 31.4. The number of carbonyl (C=O) groups excluding carboxylic acids is 2. The zero-order valence-electron chi connectivity index (χ0n) is 26.4. The Labute approximate surface area is 271 Å². The summed E-state index contributed by atoms with van der Waals surface area (Å²) < 4.78 is 0. The second kappa shape index (κ2) is 13.2. The Balaban J connectivity index is 0.000000147. The molecule has 2 aromatic carbocycles. The number of imide groups is 1. The van der Waals surface area contributed by atoms with Gasteiger partial charge >= 0.3 is 0 Å². The number of pyridine rings is 2. The maximum atomic E-state index is 12.7. The molecule has 0 N–H and O–H groups in total. The van der Waals surface area contributed by atoms with Gasteiger partial charge in [-0.05, 0) is 61.1 Å². The van der Waals surface area contributed by atoms with E-state index in [4.69, 9.17) is 0 Å². The summed E-state index contributed by atoms with van der Waals surface area (Å²) in [7, 11) is 0. The van der Waals surface area contributed by atoms with Crippen molar-refractivity contribution in [2.75, 3.05) is 39.3 Å². The predicted molar refractivity (Wildman–Crippen MR) is 177 cm³/mol. The minimum atomic E-state index is -0.506. The lowest BCUT2D eigenvalue weighted by Gasteiger charge is -2.39. The van der Waals surface area contributed by atoms with E-state index in [0.717, 1.165) is 56.8 Å². The minimum Gasteiger partial charge on any atom is -0.297 e. The van der Waals surface area contributed by atoms with Crippen LogP contribution in [0.15, 0.2) is 109 Å². The molecule has 2 saturated carbocycles. The van der Waals surface area contributed by atoms with E-state index in [1.54, 1.807) is 6.20 Å². The molecule has 236 valence electrons. The van der Waals surface area contributed by atoms with E-state index in [1.165, 1.54) is 29.0 Å². The van der Waals surface area contributed by atoms with Gasteiger partial charge in [-0.1, -0.05) is 72.8 Å².